The number of rotatable bonds is 10. The van der Waals surface area contributed by atoms with E-state index in [1.54, 1.807) is 13.8 Å². The van der Waals surface area contributed by atoms with Gasteiger partial charge in [0.15, 0.2) is 11.8 Å². The van der Waals surface area contributed by atoms with Gasteiger partial charge in [0, 0.05) is 0 Å². The summed E-state index contributed by atoms with van der Waals surface area (Å²) in [6.45, 7) is 11.8. The fraction of sp³-hybridized carbons (Fsp3) is 0.800. The van der Waals surface area contributed by atoms with Crippen LogP contribution in [0.4, 0.5) is 0 Å². The number of methoxy groups -OCH3 is 2. The molecule has 0 aliphatic heterocycles. The van der Waals surface area contributed by atoms with Crippen molar-refractivity contribution in [3.8, 4) is 0 Å². The Bertz CT molecular complexity index is 451. The zero-order valence-electron chi connectivity index (χ0n) is 18.4. The topological polar surface area (TPSA) is 105 Å². The van der Waals surface area contributed by atoms with E-state index in [-0.39, 0.29) is 25.0 Å². The summed E-state index contributed by atoms with van der Waals surface area (Å²) in [5, 5.41) is 0. The summed E-state index contributed by atoms with van der Waals surface area (Å²) in [4.78, 5) is 45.2. The second-order valence-electron chi connectivity index (χ2n) is 6.91. The van der Waals surface area contributed by atoms with Gasteiger partial charge in [-0.25, -0.2) is 0 Å². The molecule has 0 saturated heterocycles. The predicted molar refractivity (Wildman–Crippen MR) is 103 cm³/mol. The van der Waals surface area contributed by atoms with E-state index in [9.17, 15) is 19.2 Å². The number of carbonyl (C=O) groups excluding carboxylic acids is 4. The number of hydrogen-bond donors (Lipinski definition) is 0. The molecule has 0 aromatic carbocycles. The minimum absolute atomic E-state index is 0.253. The third-order valence-corrected chi connectivity index (χ3v) is 3.53. The van der Waals surface area contributed by atoms with Crippen LogP contribution in [0.5, 0.6) is 0 Å². The minimum Gasteiger partial charge on any atom is -0.468 e. The number of carbonyl (C=O) groups is 4. The molecule has 0 aliphatic carbocycles. The van der Waals surface area contributed by atoms with Gasteiger partial charge in [-0.1, -0.05) is 27.7 Å². The van der Waals surface area contributed by atoms with Gasteiger partial charge in [0.25, 0.3) is 0 Å². The Morgan fingerprint density at radius 3 is 1.11 bits per heavy atom. The molecule has 0 aromatic rings. The van der Waals surface area contributed by atoms with E-state index in [4.69, 9.17) is 9.47 Å². The molecule has 0 saturated carbocycles. The molecule has 0 amide bonds. The van der Waals surface area contributed by atoms with E-state index in [2.05, 4.69) is 9.47 Å². The number of ether oxygens (including phenoxy) is 4. The monoisotopic (exact) mass is 404 g/mol. The quantitative estimate of drug-likeness (QED) is 0.311. The van der Waals surface area contributed by atoms with Crippen molar-refractivity contribution in [1.29, 1.82) is 0 Å². The second-order valence-corrected chi connectivity index (χ2v) is 6.91. The van der Waals surface area contributed by atoms with E-state index < -0.39 is 35.7 Å². The molecule has 8 nitrogen and oxygen atoms in total. The molecule has 164 valence electrons. The Morgan fingerprint density at radius 2 is 0.893 bits per heavy atom. The van der Waals surface area contributed by atoms with E-state index in [1.165, 1.54) is 14.2 Å². The van der Waals surface area contributed by atoms with Crippen molar-refractivity contribution in [2.24, 2.45) is 23.7 Å². The zero-order valence-corrected chi connectivity index (χ0v) is 18.4. The fourth-order valence-electron chi connectivity index (χ4n) is 2.29. The molecule has 0 N–H and O–H groups in total. The van der Waals surface area contributed by atoms with E-state index in [0.29, 0.717) is 12.8 Å². The summed E-state index contributed by atoms with van der Waals surface area (Å²) in [6, 6.07) is 0. The largest absolute Gasteiger partial charge is 0.468 e. The highest BCUT2D eigenvalue weighted by Gasteiger charge is 2.30. The molecule has 0 fully saturated rings. The summed E-state index contributed by atoms with van der Waals surface area (Å²) in [7, 11) is 2.52. The molecule has 0 bridgehead atoms. The molecule has 0 rings (SSSR count). The molecular formula is C20H36O8. The first-order valence-electron chi connectivity index (χ1n) is 9.54. The van der Waals surface area contributed by atoms with Crippen molar-refractivity contribution in [1.82, 2.24) is 0 Å². The van der Waals surface area contributed by atoms with Gasteiger partial charge < -0.3 is 18.9 Å². The summed E-state index contributed by atoms with van der Waals surface area (Å²) in [5.74, 6) is -3.07. The van der Waals surface area contributed by atoms with Crippen LogP contribution in [0.3, 0.4) is 0 Å². The lowest BCUT2D eigenvalue weighted by atomic mass is 9.97. The van der Waals surface area contributed by atoms with Crippen molar-refractivity contribution in [3.63, 3.8) is 0 Å². The normalized spacial score (nSPS) is 10.4. The molecule has 0 radical (unpaired) electrons. The summed E-state index contributed by atoms with van der Waals surface area (Å²) in [5.41, 5.74) is 0. The van der Waals surface area contributed by atoms with Gasteiger partial charge in [0.2, 0.25) is 0 Å². The first kappa shape index (κ1) is 28.1. The van der Waals surface area contributed by atoms with Crippen LogP contribution in [0.1, 0.15) is 54.4 Å². The molecule has 0 unspecified atom stereocenters. The molecule has 0 atom stereocenters. The van der Waals surface area contributed by atoms with Gasteiger partial charge in [-0.15, -0.1) is 0 Å². The Hall–Kier alpha value is -2.12. The first-order chi connectivity index (χ1) is 13.0. The molecule has 28 heavy (non-hydrogen) atoms. The van der Waals surface area contributed by atoms with Crippen LogP contribution in [0.2, 0.25) is 0 Å². The lowest BCUT2D eigenvalue weighted by Gasteiger charge is -2.15. The minimum atomic E-state index is -0.782. The van der Waals surface area contributed by atoms with Gasteiger partial charge in [0.05, 0.1) is 27.4 Å². The zero-order chi connectivity index (χ0) is 22.3. The summed E-state index contributed by atoms with van der Waals surface area (Å²) in [6.07, 6.45) is 0.928. The standard InChI is InChI=1S/C11H20O4.C9H16O4/c1-5-14-10(12)9(7-8(3)4)11(13)15-6-2;1-6(2)5-7(8(10)12-3)9(11)13-4/h8-9H,5-7H2,1-4H3;6-7H,5H2,1-4H3. The van der Waals surface area contributed by atoms with Gasteiger partial charge in [-0.2, -0.15) is 0 Å². The third kappa shape index (κ3) is 12.3. The Labute approximate surface area is 168 Å². The van der Waals surface area contributed by atoms with Gasteiger partial charge >= 0.3 is 23.9 Å². The average Bonchev–Trinajstić information content (AvgIpc) is 2.63. The average molecular weight is 405 g/mol. The van der Waals surface area contributed by atoms with Crippen LogP contribution in [0.25, 0.3) is 0 Å². The molecular weight excluding hydrogens is 368 g/mol. The number of hydrogen-bond acceptors (Lipinski definition) is 8. The predicted octanol–water partition coefficient (Wildman–Crippen LogP) is 2.77. The summed E-state index contributed by atoms with van der Waals surface area (Å²) < 4.78 is 18.7. The fourth-order valence-corrected chi connectivity index (χ4v) is 2.29. The van der Waals surface area contributed by atoms with Gasteiger partial charge in [-0.05, 0) is 38.5 Å². The SMILES string of the molecule is CCOC(=O)C(CC(C)C)C(=O)OCC.COC(=O)C(CC(C)C)C(=O)OC. The van der Waals surface area contributed by atoms with Crippen molar-refractivity contribution < 1.29 is 38.1 Å². The van der Waals surface area contributed by atoms with Crippen LogP contribution < -0.4 is 0 Å². The van der Waals surface area contributed by atoms with Crippen molar-refractivity contribution in [2.45, 2.75) is 54.4 Å². The molecule has 0 aliphatic rings. The molecule has 0 aromatic heterocycles. The van der Waals surface area contributed by atoms with E-state index >= 15 is 0 Å². The lowest BCUT2D eigenvalue weighted by molar-refractivity contribution is -0.163. The highest BCUT2D eigenvalue weighted by atomic mass is 16.6. The highest BCUT2D eigenvalue weighted by Crippen LogP contribution is 2.16. The van der Waals surface area contributed by atoms with Crippen molar-refractivity contribution in [2.75, 3.05) is 27.4 Å². The van der Waals surface area contributed by atoms with Crippen molar-refractivity contribution in [3.05, 3.63) is 0 Å². The highest BCUT2D eigenvalue weighted by molar-refractivity contribution is 5.95. The maximum atomic E-state index is 11.5. The molecule has 0 heterocycles. The van der Waals surface area contributed by atoms with Crippen LogP contribution in [-0.2, 0) is 38.1 Å². The van der Waals surface area contributed by atoms with Crippen LogP contribution in [0, 0.1) is 23.7 Å². The summed E-state index contributed by atoms with van der Waals surface area (Å²) >= 11 is 0. The number of esters is 4. The molecule has 8 heteroatoms. The second kappa shape index (κ2) is 15.9. The lowest BCUT2D eigenvalue weighted by Crippen LogP contribution is -2.29. The third-order valence-electron chi connectivity index (χ3n) is 3.53. The maximum Gasteiger partial charge on any atom is 0.320 e. The Balaban J connectivity index is 0. The Morgan fingerprint density at radius 1 is 0.607 bits per heavy atom. The van der Waals surface area contributed by atoms with Gasteiger partial charge in [-0.3, -0.25) is 19.2 Å². The van der Waals surface area contributed by atoms with Crippen LogP contribution in [0.15, 0.2) is 0 Å². The van der Waals surface area contributed by atoms with Crippen molar-refractivity contribution >= 4 is 23.9 Å². The smallest absolute Gasteiger partial charge is 0.320 e. The van der Waals surface area contributed by atoms with Crippen LogP contribution in [-0.4, -0.2) is 51.3 Å². The van der Waals surface area contributed by atoms with E-state index in [1.807, 2.05) is 27.7 Å². The van der Waals surface area contributed by atoms with Gasteiger partial charge in [0.1, 0.15) is 0 Å². The maximum absolute atomic E-state index is 11.5. The Kier molecular flexibility index (Phi) is 15.9. The van der Waals surface area contributed by atoms with Crippen LogP contribution >= 0.6 is 0 Å². The molecule has 0 spiro atoms. The van der Waals surface area contributed by atoms with E-state index in [0.717, 1.165) is 0 Å². The first-order valence-corrected chi connectivity index (χ1v) is 9.54.